The van der Waals surface area contributed by atoms with E-state index < -0.39 is 11.7 Å². The zero-order valence-corrected chi connectivity index (χ0v) is 12.4. The lowest BCUT2D eigenvalue weighted by molar-refractivity contribution is -0.131. The second kappa shape index (κ2) is 7.24. The second-order valence-electron chi connectivity index (χ2n) is 5.44. The number of ether oxygens (including phenoxy) is 1. The Labute approximate surface area is 110 Å². The van der Waals surface area contributed by atoms with Gasteiger partial charge in [0.15, 0.2) is 0 Å². The van der Waals surface area contributed by atoms with E-state index in [1.807, 2.05) is 13.8 Å². The second-order valence-corrected chi connectivity index (χ2v) is 5.44. The summed E-state index contributed by atoms with van der Waals surface area (Å²) in [6, 6.07) is 0.221. The van der Waals surface area contributed by atoms with Crippen LogP contribution < -0.4 is 5.32 Å². The first-order valence-electron chi connectivity index (χ1n) is 6.40. The number of hydrogen-bond donors (Lipinski definition) is 1. The van der Waals surface area contributed by atoms with Crippen LogP contribution in [0.15, 0.2) is 0 Å². The van der Waals surface area contributed by atoms with E-state index in [-0.39, 0.29) is 11.9 Å². The highest BCUT2D eigenvalue weighted by Crippen LogP contribution is 2.06. The molecule has 1 unspecified atom stereocenters. The maximum atomic E-state index is 11.7. The summed E-state index contributed by atoms with van der Waals surface area (Å²) in [5, 5.41) is 2.57. The van der Waals surface area contributed by atoms with Crippen molar-refractivity contribution in [2.24, 2.45) is 0 Å². The molecule has 0 aliphatic rings. The third-order valence-electron chi connectivity index (χ3n) is 2.65. The van der Waals surface area contributed by atoms with Crippen LogP contribution in [0.25, 0.3) is 0 Å². The van der Waals surface area contributed by atoms with Crippen molar-refractivity contribution < 1.29 is 14.3 Å². The monoisotopic (exact) mass is 258 g/mol. The minimum absolute atomic E-state index is 0.0282. The van der Waals surface area contributed by atoms with Gasteiger partial charge >= 0.3 is 6.09 Å². The Morgan fingerprint density at radius 3 is 2.33 bits per heavy atom. The van der Waals surface area contributed by atoms with Crippen LogP contribution in [-0.2, 0) is 9.53 Å². The number of carbonyl (C=O) groups is 2. The predicted molar refractivity (Wildman–Crippen MR) is 71.4 cm³/mol. The summed E-state index contributed by atoms with van der Waals surface area (Å²) in [5.41, 5.74) is -0.512. The van der Waals surface area contributed by atoms with Gasteiger partial charge in [0.1, 0.15) is 5.60 Å². The van der Waals surface area contributed by atoms with E-state index in [1.54, 1.807) is 32.7 Å². The minimum atomic E-state index is -0.512. The maximum absolute atomic E-state index is 11.7. The summed E-state index contributed by atoms with van der Waals surface area (Å²) in [4.78, 5) is 24.8. The minimum Gasteiger partial charge on any atom is -0.444 e. The number of alkyl carbamates (subject to hydrolysis) is 1. The summed E-state index contributed by atoms with van der Waals surface area (Å²) in [5.74, 6) is 0.0282. The number of amides is 2. The molecule has 2 amide bonds. The Morgan fingerprint density at radius 2 is 1.89 bits per heavy atom. The summed E-state index contributed by atoms with van der Waals surface area (Å²) in [6.45, 7) is 9.73. The Hall–Kier alpha value is -1.26. The Morgan fingerprint density at radius 1 is 1.33 bits per heavy atom. The van der Waals surface area contributed by atoms with Gasteiger partial charge in [-0.25, -0.2) is 4.79 Å². The molecule has 1 N–H and O–H groups in total. The molecule has 106 valence electrons. The first kappa shape index (κ1) is 16.7. The van der Waals surface area contributed by atoms with Gasteiger partial charge in [0.2, 0.25) is 5.91 Å². The third kappa shape index (κ3) is 7.14. The fourth-order valence-corrected chi connectivity index (χ4v) is 1.28. The number of hydrogen-bond acceptors (Lipinski definition) is 3. The largest absolute Gasteiger partial charge is 0.444 e. The summed E-state index contributed by atoms with van der Waals surface area (Å²) >= 11 is 0. The Balaban J connectivity index is 3.91. The molecular weight excluding hydrogens is 232 g/mol. The predicted octanol–water partition coefficient (Wildman–Crippen LogP) is 2.16. The van der Waals surface area contributed by atoms with E-state index in [0.29, 0.717) is 13.0 Å². The van der Waals surface area contributed by atoms with Gasteiger partial charge < -0.3 is 15.0 Å². The van der Waals surface area contributed by atoms with Crippen molar-refractivity contribution in [3.05, 3.63) is 0 Å². The van der Waals surface area contributed by atoms with Crippen molar-refractivity contribution in [2.45, 2.75) is 59.1 Å². The fraction of sp³-hybridized carbons (Fsp3) is 0.846. The first-order valence-corrected chi connectivity index (χ1v) is 6.40. The van der Waals surface area contributed by atoms with Gasteiger partial charge in [-0.15, -0.1) is 0 Å². The first-order chi connectivity index (χ1) is 8.17. The van der Waals surface area contributed by atoms with Crippen LogP contribution in [0.4, 0.5) is 4.79 Å². The van der Waals surface area contributed by atoms with Gasteiger partial charge in [0, 0.05) is 26.1 Å². The molecule has 0 bridgehead atoms. The van der Waals surface area contributed by atoms with Crippen LogP contribution in [0.5, 0.6) is 0 Å². The van der Waals surface area contributed by atoms with Crippen LogP contribution in [0.1, 0.15) is 47.5 Å². The smallest absolute Gasteiger partial charge is 0.407 e. The summed E-state index contributed by atoms with van der Waals surface area (Å²) in [7, 11) is 1.78. The van der Waals surface area contributed by atoms with Crippen molar-refractivity contribution in [1.29, 1.82) is 0 Å². The molecule has 18 heavy (non-hydrogen) atoms. The van der Waals surface area contributed by atoms with Gasteiger partial charge in [-0.1, -0.05) is 6.92 Å². The molecule has 5 nitrogen and oxygen atoms in total. The van der Waals surface area contributed by atoms with Crippen molar-refractivity contribution >= 4 is 12.0 Å². The average molecular weight is 258 g/mol. The molecule has 0 aliphatic heterocycles. The molecule has 0 heterocycles. The van der Waals surface area contributed by atoms with Gasteiger partial charge in [-0.3, -0.25) is 4.79 Å². The van der Waals surface area contributed by atoms with Gasteiger partial charge in [-0.2, -0.15) is 0 Å². The molecule has 0 aromatic rings. The van der Waals surface area contributed by atoms with Gasteiger partial charge in [-0.05, 0) is 34.1 Å². The van der Waals surface area contributed by atoms with Crippen LogP contribution in [-0.4, -0.2) is 42.1 Å². The van der Waals surface area contributed by atoms with E-state index in [4.69, 9.17) is 4.74 Å². The lowest BCUT2D eigenvalue weighted by Gasteiger charge is -2.24. The Bertz CT molecular complexity index is 284. The number of nitrogens with zero attached hydrogens (tertiary/aromatic N) is 1. The highest BCUT2D eigenvalue weighted by molar-refractivity contribution is 5.77. The zero-order valence-electron chi connectivity index (χ0n) is 12.4. The topological polar surface area (TPSA) is 58.6 Å². The van der Waals surface area contributed by atoms with E-state index in [9.17, 15) is 9.59 Å². The normalized spacial score (nSPS) is 12.8. The van der Waals surface area contributed by atoms with E-state index >= 15 is 0 Å². The lowest BCUT2D eigenvalue weighted by Crippen LogP contribution is -2.38. The molecule has 0 rings (SSSR count). The van der Waals surface area contributed by atoms with Crippen LogP contribution in [0, 0.1) is 0 Å². The molecule has 0 aromatic carbocycles. The molecule has 0 saturated heterocycles. The Kier molecular flexibility index (Phi) is 6.73. The molecule has 5 heteroatoms. The molecule has 0 radical (unpaired) electrons. The van der Waals surface area contributed by atoms with Crippen molar-refractivity contribution in [3.8, 4) is 0 Å². The number of rotatable bonds is 5. The van der Waals surface area contributed by atoms with Crippen LogP contribution in [0.3, 0.4) is 0 Å². The molecule has 1 atom stereocenters. The lowest BCUT2D eigenvalue weighted by atomic mass is 10.2. The average Bonchev–Trinajstić information content (AvgIpc) is 2.24. The highest BCUT2D eigenvalue weighted by Gasteiger charge is 2.17. The molecular formula is C13H26N2O3. The van der Waals surface area contributed by atoms with Crippen molar-refractivity contribution in [3.63, 3.8) is 0 Å². The van der Waals surface area contributed by atoms with E-state index in [1.165, 1.54) is 0 Å². The van der Waals surface area contributed by atoms with Crippen LogP contribution in [0.2, 0.25) is 0 Å². The standard InChI is InChI=1S/C13H26N2O3/c1-7-10(2)15(6)11(16)8-9-14-12(17)18-13(3,4)5/h10H,7-9H2,1-6H3,(H,14,17). The molecule has 0 saturated carbocycles. The van der Waals surface area contributed by atoms with Gasteiger partial charge in [0.05, 0.1) is 0 Å². The zero-order chi connectivity index (χ0) is 14.3. The summed E-state index contributed by atoms with van der Waals surface area (Å²) < 4.78 is 5.07. The number of nitrogens with one attached hydrogen (secondary N) is 1. The molecule has 0 aromatic heterocycles. The SMILES string of the molecule is CCC(C)N(C)C(=O)CCNC(=O)OC(C)(C)C. The number of carbonyl (C=O) groups excluding carboxylic acids is 2. The van der Waals surface area contributed by atoms with E-state index in [2.05, 4.69) is 5.32 Å². The molecule has 0 aliphatic carbocycles. The van der Waals surface area contributed by atoms with E-state index in [0.717, 1.165) is 6.42 Å². The third-order valence-corrected chi connectivity index (χ3v) is 2.65. The highest BCUT2D eigenvalue weighted by atomic mass is 16.6. The van der Waals surface area contributed by atoms with Crippen molar-refractivity contribution in [1.82, 2.24) is 10.2 Å². The summed E-state index contributed by atoms with van der Waals surface area (Å²) in [6.07, 6.45) is 0.725. The van der Waals surface area contributed by atoms with Crippen molar-refractivity contribution in [2.75, 3.05) is 13.6 Å². The van der Waals surface area contributed by atoms with Gasteiger partial charge in [0.25, 0.3) is 0 Å². The van der Waals surface area contributed by atoms with Crippen LogP contribution >= 0.6 is 0 Å². The fourth-order valence-electron chi connectivity index (χ4n) is 1.28. The molecule has 0 spiro atoms. The maximum Gasteiger partial charge on any atom is 0.407 e. The molecule has 0 fully saturated rings. The quantitative estimate of drug-likeness (QED) is 0.822.